The molecule has 0 bridgehead atoms. The average molecular weight is 357 g/mol. The fourth-order valence-electron chi connectivity index (χ4n) is 2.62. The Kier molecular flexibility index (Phi) is 5.97. The molecule has 128 valence electrons. The van der Waals surface area contributed by atoms with E-state index in [0.29, 0.717) is 12.2 Å². The van der Waals surface area contributed by atoms with Crippen LogP contribution in [0.15, 0.2) is 24.3 Å². The number of benzene rings is 1. The molecule has 0 N–H and O–H groups in total. The molecule has 1 heterocycles. The lowest BCUT2D eigenvalue weighted by Crippen LogP contribution is -2.31. The Morgan fingerprint density at radius 3 is 2.74 bits per heavy atom. The molecular formula is C16H23NO4S2. The van der Waals surface area contributed by atoms with Gasteiger partial charge in [-0.1, -0.05) is 18.2 Å². The van der Waals surface area contributed by atoms with Gasteiger partial charge in [-0.15, -0.1) is 11.8 Å². The zero-order valence-electron chi connectivity index (χ0n) is 13.7. The number of thioether (sulfide) groups is 1. The number of hydrogen-bond donors (Lipinski definition) is 0. The molecule has 5 nitrogen and oxygen atoms in total. The smallest absolute Gasteiger partial charge is 0.232 e. The van der Waals surface area contributed by atoms with Crippen LogP contribution in [0, 0.1) is 0 Å². The average Bonchev–Trinajstić information content (AvgIpc) is 2.90. The fourth-order valence-corrected chi connectivity index (χ4v) is 6.19. The topological polar surface area (TPSA) is 63.7 Å². The minimum atomic E-state index is -2.89. The van der Waals surface area contributed by atoms with Gasteiger partial charge in [-0.3, -0.25) is 4.79 Å². The number of nitrogens with zero attached hydrogens (tertiary/aromatic N) is 1. The minimum absolute atomic E-state index is 0.00213. The molecule has 1 aromatic rings. The lowest BCUT2D eigenvalue weighted by Gasteiger charge is -2.27. The lowest BCUT2D eigenvalue weighted by atomic mass is 10.1. The first-order valence-electron chi connectivity index (χ1n) is 7.54. The number of carbonyl (C=O) groups excluding carboxylic acids is 1. The highest BCUT2D eigenvalue weighted by molar-refractivity contribution is 8.02. The summed E-state index contributed by atoms with van der Waals surface area (Å²) in [4.78, 5) is 14.1. The molecule has 1 aliphatic heterocycles. The molecule has 1 aliphatic rings. The van der Waals surface area contributed by atoms with Gasteiger partial charge in [-0.05, 0) is 19.4 Å². The summed E-state index contributed by atoms with van der Waals surface area (Å²) in [6, 6.07) is 7.54. The standard InChI is InChI=1S/C16H23NO4S2/c1-12(14-6-4-5-7-15(14)21-3)17(2)16(18)10-22-13-8-9-23(19,20)11-13/h4-7,12-13H,8-11H2,1-3H3/t12-,13+/m1/s1. The Bertz CT molecular complexity index is 660. The first-order chi connectivity index (χ1) is 10.8. The van der Waals surface area contributed by atoms with Crippen molar-refractivity contribution in [3.8, 4) is 5.75 Å². The molecule has 2 rings (SSSR count). The fraction of sp³-hybridized carbons (Fsp3) is 0.562. The molecule has 0 aliphatic carbocycles. The maximum absolute atomic E-state index is 12.4. The van der Waals surface area contributed by atoms with Crippen molar-refractivity contribution in [1.29, 1.82) is 0 Å². The molecule has 0 radical (unpaired) electrons. The van der Waals surface area contributed by atoms with Crippen LogP contribution in [-0.2, 0) is 14.6 Å². The van der Waals surface area contributed by atoms with Crippen molar-refractivity contribution >= 4 is 27.5 Å². The monoisotopic (exact) mass is 357 g/mol. The summed E-state index contributed by atoms with van der Waals surface area (Å²) < 4.78 is 28.3. The number of carbonyl (C=O) groups is 1. The van der Waals surface area contributed by atoms with E-state index >= 15 is 0 Å². The Morgan fingerprint density at radius 2 is 2.13 bits per heavy atom. The molecule has 0 spiro atoms. The normalized spacial score (nSPS) is 20.9. The second-order valence-electron chi connectivity index (χ2n) is 5.76. The summed E-state index contributed by atoms with van der Waals surface area (Å²) in [7, 11) is 0.490. The number of amides is 1. The molecule has 0 unspecified atom stereocenters. The van der Waals surface area contributed by atoms with Crippen LogP contribution < -0.4 is 4.74 Å². The second kappa shape index (κ2) is 7.57. The Hall–Kier alpha value is -1.21. The highest BCUT2D eigenvalue weighted by atomic mass is 32.2. The number of ether oxygens (including phenoxy) is 1. The first kappa shape index (κ1) is 18.1. The summed E-state index contributed by atoms with van der Waals surface area (Å²) in [5.74, 6) is 1.49. The van der Waals surface area contributed by atoms with Gasteiger partial charge in [0.1, 0.15) is 5.75 Å². The molecule has 0 aromatic heterocycles. The van der Waals surface area contributed by atoms with Gasteiger partial charge in [0.2, 0.25) is 5.91 Å². The molecule has 1 aromatic carbocycles. The Labute approximate surface area is 142 Å². The predicted molar refractivity (Wildman–Crippen MR) is 93.7 cm³/mol. The first-order valence-corrected chi connectivity index (χ1v) is 10.4. The van der Waals surface area contributed by atoms with Crippen LogP contribution in [-0.4, -0.2) is 55.9 Å². The molecule has 23 heavy (non-hydrogen) atoms. The number of rotatable bonds is 6. The largest absolute Gasteiger partial charge is 0.496 e. The van der Waals surface area contributed by atoms with Gasteiger partial charge in [0.05, 0.1) is 30.4 Å². The van der Waals surface area contributed by atoms with Crippen molar-refractivity contribution in [2.24, 2.45) is 0 Å². The molecule has 2 atom stereocenters. The third kappa shape index (κ3) is 4.64. The molecule has 1 fully saturated rings. The van der Waals surface area contributed by atoms with E-state index in [-0.39, 0.29) is 28.7 Å². The summed E-state index contributed by atoms with van der Waals surface area (Å²) >= 11 is 1.44. The van der Waals surface area contributed by atoms with Crippen molar-refractivity contribution in [3.63, 3.8) is 0 Å². The quantitative estimate of drug-likeness (QED) is 0.780. The maximum Gasteiger partial charge on any atom is 0.232 e. The number of hydrogen-bond acceptors (Lipinski definition) is 5. The predicted octanol–water partition coefficient (Wildman–Crippen LogP) is 2.13. The van der Waals surface area contributed by atoms with Gasteiger partial charge in [0, 0.05) is 17.9 Å². The zero-order valence-corrected chi connectivity index (χ0v) is 15.3. The van der Waals surface area contributed by atoms with Crippen LogP contribution >= 0.6 is 11.8 Å². The minimum Gasteiger partial charge on any atom is -0.496 e. The molecule has 0 saturated carbocycles. The van der Waals surface area contributed by atoms with Crippen molar-refractivity contribution < 1.29 is 17.9 Å². The van der Waals surface area contributed by atoms with Gasteiger partial charge >= 0.3 is 0 Å². The highest BCUT2D eigenvalue weighted by Gasteiger charge is 2.29. The van der Waals surface area contributed by atoms with Crippen LogP contribution in [0.1, 0.15) is 24.9 Å². The van der Waals surface area contributed by atoms with E-state index in [4.69, 9.17) is 4.74 Å². The van der Waals surface area contributed by atoms with E-state index in [1.807, 2.05) is 31.2 Å². The van der Waals surface area contributed by atoms with Crippen molar-refractivity contribution in [2.75, 3.05) is 31.4 Å². The number of methoxy groups -OCH3 is 1. The van der Waals surface area contributed by atoms with Gasteiger partial charge in [0.15, 0.2) is 9.84 Å². The van der Waals surface area contributed by atoms with E-state index < -0.39 is 9.84 Å². The van der Waals surface area contributed by atoms with Crippen molar-refractivity contribution in [3.05, 3.63) is 29.8 Å². The SMILES string of the molecule is COc1ccccc1[C@@H](C)N(C)C(=O)CS[C@H]1CCS(=O)(=O)C1. The summed E-state index contributed by atoms with van der Waals surface area (Å²) in [5.41, 5.74) is 0.958. The third-order valence-electron chi connectivity index (χ3n) is 4.20. The van der Waals surface area contributed by atoms with Gasteiger partial charge < -0.3 is 9.64 Å². The van der Waals surface area contributed by atoms with Crippen LogP contribution in [0.4, 0.5) is 0 Å². The highest BCUT2D eigenvalue weighted by Crippen LogP contribution is 2.29. The Morgan fingerprint density at radius 1 is 1.43 bits per heavy atom. The van der Waals surface area contributed by atoms with Crippen LogP contribution in [0.3, 0.4) is 0 Å². The van der Waals surface area contributed by atoms with Gasteiger partial charge in [-0.2, -0.15) is 0 Å². The second-order valence-corrected chi connectivity index (χ2v) is 9.28. The molecule has 1 amide bonds. The number of para-hydroxylation sites is 1. The number of sulfone groups is 1. The van der Waals surface area contributed by atoms with E-state index in [9.17, 15) is 13.2 Å². The van der Waals surface area contributed by atoms with E-state index in [1.54, 1.807) is 19.1 Å². The summed E-state index contributed by atoms with van der Waals surface area (Å²) in [6.07, 6.45) is 0.645. The lowest BCUT2D eigenvalue weighted by molar-refractivity contribution is -0.128. The van der Waals surface area contributed by atoms with Crippen molar-refractivity contribution in [1.82, 2.24) is 4.90 Å². The maximum atomic E-state index is 12.4. The van der Waals surface area contributed by atoms with Crippen molar-refractivity contribution in [2.45, 2.75) is 24.6 Å². The van der Waals surface area contributed by atoms with Crippen LogP contribution in [0.5, 0.6) is 5.75 Å². The van der Waals surface area contributed by atoms with Gasteiger partial charge in [0.25, 0.3) is 0 Å². The Balaban J connectivity index is 1.94. The van der Waals surface area contributed by atoms with Crippen LogP contribution in [0.25, 0.3) is 0 Å². The van der Waals surface area contributed by atoms with E-state index in [1.165, 1.54) is 11.8 Å². The third-order valence-corrected chi connectivity index (χ3v) is 7.46. The summed E-state index contributed by atoms with van der Waals surface area (Å²) in [5, 5.41) is 0.0407. The molecule has 1 saturated heterocycles. The van der Waals surface area contributed by atoms with Gasteiger partial charge in [-0.25, -0.2) is 8.42 Å². The van der Waals surface area contributed by atoms with Crippen LogP contribution in [0.2, 0.25) is 0 Å². The van der Waals surface area contributed by atoms with E-state index in [2.05, 4.69) is 0 Å². The van der Waals surface area contributed by atoms with E-state index in [0.717, 1.165) is 11.3 Å². The summed E-state index contributed by atoms with van der Waals surface area (Å²) in [6.45, 7) is 1.96. The molecular weight excluding hydrogens is 334 g/mol. The zero-order chi connectivity index (χ0) is 17.0. The molecule has 7 heteroatoms.